The molecule has 5 heteroatoms. The number of aliphatic carboxylic acids is 1. The van der Waals surface area contributed by atoms with Crippen molar-refractivity contribution in [2.24, 2.45) is 0 Å². The van der Waals surface area contributed by atoms with Crippen LogP contribution in [0.25, 0.3) is 11.1 Å². The zero-order chi connectivity index (χ0) is 18.9. The Hall–Kier alpha value is -2.56. The summed E-state index contributed by atoms with van der Waals surface area (Å²) >= 11 is 0. The second kappa shape index (κ2) is 9.80. The number of ether oxygens (including phenoxy) is 2. The van der Waals surface area contributed by atoms with Crippen molar-refractivity contribution >= 4 is 5.97 Å². The number of hydrogen-bond acceptors (Lipinski definition) is 3. The lowest BCUT2D eigenvalue weighted by Gasteiger charge is -2.11. The summed E-state index contributed by atoms with van der Waals surface area (Å²) < 4.78 is 25.0. The van der Waals surface area contributed by atoms with E-state index in [1.54, 1.807) is 36.4 Å². The van der Waals surface area contributed by atoms with Crippen molar-refractivity contribution in [2.45, 2.75) is 45.6 Å². The Morgan fingerprint density at radius 2 is 1.77 bits per heavy atom. The van der Waals surface area contributed by atoms with Crippen LogP contribution in [0.3, 0.4) is 0 Å². The van der Waals surface area contributed by atoms with Crippen LogP contribution < -0.4 is 9.47 Å². The first kappa shape index (κ1) is 19.8. The highest BCUT2D eigenvalue weighted by molar-refractivity contribution is 5.72. The molecule has 0 bridgehead atoms. The smallest absolute Gasteiger partial charge is 0.344 e. The summed E-state index contributed by atoms with van der Waals surface area (Å²) in [5.41, 5.74) is 1.53. The van der Waals surface area contributed by atoms with Crippen LogP contribution in [0.15, 0.2) is 42.5 Å². The molecule has 4 nitrogen and oxygen atoms in total. The fourth-order valence-corrected chi connectivity index (χ4v) is 2.49. The lowest BCUT2D eigenvalue weighted by Crippen LogP contribution is -2.22. The summed E-state index contributed by atoms with van der Waals surface area (Å²) in [5.74, 6) is -0.698. The van der Waals surface area contributed by atoms with Crippen LogP contribution in [0.5, 0.6) is 11.5 Å². The predicted octanol–water partition coefficient (Wildman–Crippen LogP) is 5.30. The van der Waals surface area contributed by atoms with Crippen LogP contribution >= 0.6 is 0 Å². The Balaban J connectivity index is 1.98. The van der Waals surface area contributed by atoms with Gasteiger partial charge in [0.15, 0.2) is 17.7 Å². The second-order valence-electron chi connectivity index (χ2n) is 6.18. The summed E-state index contributed by atoms with van der Waals surface area (Å²) in [7, 11) is 0. The van der Waals surface area contributed by atoms with E-state index in [0.717, 1.165) is 36.8 Å². The monoisotopic (exact) mass is 360 g/mol. The number of rotatable bonds is 10. The number of carboxylic acid groups (broad SMARTS) is 1. The summed E-state index contributed by atoms with van der Waals surface area (Å²) in [5, 5.41) is 8.86. The van der Waals surface area contributed by atoms with Crippen molar-refractivity contribution in [2.75, 3.05) is 6.61 Å². The molecule has 0 radical (unpaired) electrons. The van der Waals surface area contributed by atoms with Gasteiger partial charge in [-0.1, -0.05) is 44.4 Å². The molecule has 0 saturated carbocycles. The third-order valence-electron chi connectivity index (χ3n) is 4.04. The molecule has 0 aromatic heterocycles. The number of carbonyl (C=O) groups is 1. The van der Waals surface area contributed by atoms with E-state index in [1.807, 2.05) is 0 Å². The van der Waals surface area contributed by atoms with E-state index in [-0.39, 0.29) is 5.75 Å². The van der Waals surface area contributed by atoms with E-state index < -0.39 is 17.9 Å². The third kappa shape index (κ3) is 5.76. The third-order valence-corrected chi connectivity index (χ3v) is 4.04. The topological polar surface area (TPSA) is 55.8 Å². The highest BCUT2D eigenvalue weighted by Crippen LogP contribution is 2.27. The first-order valence-electron chi connectivity index (χ1n) is 8.93. The van der Waals surface area contributed by atoms with Gasteiger partial charge in [-0.3, -0.25) is 0 Å². The average molecular weight is 360 g/mol. The summed E-state index contributed by atoms with van der Waals surface area (Å²) in [6, 6.07) is 11.8. The number of hydrogen-bond donors (Lipinski definition) is 1. The Bertz CT molecular complexity index is 712. The van der Waals surface area contributed by atoms with Gasteiger partial charge in [-0.05, 0) is 48.7 Å². The van der Waals surface area contributed by atoms with E-state index in [1.165, 1.54) is 13.0 Å². The number of carboxylic acids is 1. The van der Waals surface area contributed by atoms with Crippen LogP contribution in [0.1, 0.15) is 39.5 Å². The Labute approximate surface area is 153 Å². The van der Waals surface area contributed by atoms with Gasteiger partial charge in [0, 0.05) is 0 Å². The minimum absolute atomic E-state index is 0.264. The van der Waals surface area contributed by atoms with Gasteiger partial charge in [0.25, 0.3) is 0 Å². The minimum Gasteiger partial charge on any atom is -0.491 e. The first-order valence-corrected chi connectivity index (χ1v) is 8.93. The van der Waals surface area contributed by atoms with Crippen molar-refractivity contribution < 1.29 is 23.8 Å². The zero-order valence-electron chi connectivity index (χ0n) is 15.2. The SMILES string of the molecule is CCCCCCOc1ccc(-c2ccc(OC(C)C(=O)O)cc2)cc1F. The lowest BCUT2D eigenvalue weighted by molar-refractivity contribution is -0.144. The molecule has 0 spiro atoms. The zero-order valence-corrected chi connectivity index (χ0v) is 15.2. The Morgan fingerprint density at radius 3 is 2.38 bits per heavy atom. The molecule has 1 atom stereocenters. The summed E-state index contributed by atoms with van der Waals surface area (Å²) in [6.07, 6.45) is 3.40. The molecule has 2 rings (SSSR count). The number of unbranched alkanes of at least 4 members (excludes halogenated alkanes) is 3. The van der Waals surface area contributed by atoms with Gasteiger partial charge in [-0.25, -0.2) is 9.18 Å². The molecule has 1 unspecified atom stereocenters. The van der Waals surface area contributed by atoms with E-state index in [0.29, 0.717) is 12.4 Å². The van der Waals surface area contributed by atoms with Crippen molar-refractivity contribution in [1.82, 2.24) is 0 Å². The lowest BCUT2D eigenvalue weighted by atomic mass is 10.1. The molecule has 0 aliphatic carbocycles. The van der Waals surface area contributed by atoms with Crippen molar-refractivity contribution in [3.8, 4) is 22.6 Å². The van der Waals surface area contributed by atoms with Crippen molar-refractivity contribution in [3.63, 3.8) is 0 Å². The predicted molar refractivity (Wildman–Crippen MR) is 99.2 cm³/mol. The quantitative estimate of drug-likeness (QED) is 0.584. The molecule has 0 aliphatic heterocycles. The van der Waals surface area contributed by atoms with Gasteiger partial charge < -0.3 is 14.6 Å². The average Bonchev–Trinajstić information content (AvgIpc) is 2.63. The Kier molecular flexibility index (Phi) is 7.45. The summed E-state index contributed by atoms with van der Waals surface area (Å²) in [6.45, 7) is 4.13. The molecule has 140 valence electrons. The fraction of sp³-hybridized carbons (Fsp3) is 0.381. The molecular formula is C21H25FO4. The Morgan fingerprint density at radius 1 is 1.08 bits per heavy atom. The van der Waals surface area contributed by atoms with Crippen LogP contribution in [0.2, 0.25) is 0 Å². The van der Waals surface area contributed by atoms with Gasteiger partial charge in [-0.15, -0.1) is 0 Å². The molecule has 2 aromatic carbocycles. The molecule has 26 heavy (non-hydrogen) atoms. The van der Waals surface area contributed by atoms with E-state index in [2.05, 4.69) is 6.92 Å². The van der Waals surface area contributed by atoms with Crippen molar-refractivity contribution in [1.29, 1.82) is 0 Å². The van der Waals surface area contributed by atoms with Crippen LogP contribution in [0.4, 0.5) is 4.39 Å². The molecular weight excluding hydrogens is 335 g/mol. The maximum Gasteiger partial charge on any atom is 0.344 e. The van der Waals surface area contributed by atoms with Gasteiger partial charge in [0.1, 0.15) is 5.75 Å². The van der Waals surface area contributed by atoms with Crippen LogP contribution in [0, 0.1) is 5.82 Å². The second-order valence-corrected chi connectivity index (χ2v) is 6.18. The maximum atomic E-state index is 14.2. The van der Waals surface area contributed by atoms with Gasteiger partial charge in [0.2, 0.25) is 0 Å². The normalized spacial score (nSPS) is 11.8. The molecule has 0 fully saturated rings. The number of benzene rings is 2. The molecule has 0 saturated heterocycles. The van der Waals surface area contributed by atoms with Crippen LogP contribution in [-0.2, 0) is 4.79 Å². The standard InChI is InChI=1S/C21H25FO4/c1-3-4-5-6-13-25-20-12-9-17(14-19(20)22)16-7-10-18(11-8-16)26-15(2)21(23)24/h7-12,14-15H,3-6,13H2,1-2H3,(H,23,24). The van der Waals surface area contributed by atoms with E-state index in [9.17, 15) is 9.18 Å². The van der Waals surface area contributed by atoms with Crippen molar-refractivity contribution in [3.05, 3.63) is 48.3 Å². The van der Waals surface area contributed by atoms with E-state index >= 15 is 0 Å². The first-order chi connectivity index (χ1) is 12.5. The van der Waals surface area contributed by atoms with Crippen LogP contribution in [-0.4, -0.2) is 23.8 Å². The number of halogens is 1. The maximum absolute atomic E-state index is 14.2. The van der Waals surface area contributed by atoms with Gasteiger partial charge in [0.05, 0.1) is 6.61 Å². The molecule has 2 aromatic rings. The van der Waals surface area contributed by atoms with E-state index in [4.69, 9.17) is 14.6 Å². The minimum atomic E-state index is -1.03. The van der Waals surface area contributed by atoms with Gasteiger partial charge >= 0.3 is 5.97 Å². The summed E-state index contributed by atoms with van der Waals surface area (Å²) in [4.78, 5) is 10.8. The molecule has 0 amide bonds. The molecule has 1 N–H and O–H groups in total. The fourth-order valence-electron chi connectivity index (χ4n) is 2.49. The largest absolute Gasteiger partial charge is 0.491 e. The van der Waals surface area contributed by atoms with Gasteiger partial charge in [-0.2, -0.15) is 0 Å². The molecule has 0 heterocycles. The molecule has 0 aliphatic rings. The highest BCUT2D eigenvalue weighted by Gasteiger charge is 2.12. The highest BCUT2D eigenvalue weighted by atomic mass is 19.1.